The van der Waals surface area contributed by atoms with E-state index in [9.17, 15) is 15.0 Å². The number of carbonyl (C=O) groups is 1. The van der Waals surface area contributed by atoms with Gasteiger partial charge in [-0.05, 0) is 35.4 Å². The zero-order valence-electron chi connectivity index (χ0n) is 9.98. The van der Waals surface area contributed by atoms with E-state index < -0.39 is 5.97 Å². The van der Waals surface area contributed by atoms with Gasteiger partial charge in [0, 0.05) is 5.56 Å². The lowest BCUT2D eigenvalue weighted by molar-refractivity contribution is 0.0478. The van der Waals surface area contributed by atoms with E-state index in [4.69, 9.17) is 27.9 Å². The zero-order valence-corrected chi connectivity index (χ0v) is 11.5. The molecule has 4 nitrogen and oxygen atoms in total. The Kier molecular flexibility index (Phi) is 3.00. The van der Waals surface area contributed by atoms with Crippen molar-refractivity contribution in [3.8, 4) is 22.6 Å². The van der Waals surface area contributed by atoms with Crippen LogP contribution in [0.5, 0.6) is 11.5 Å². The van der Waals surface area contributed by atoms with Crippen LogP contribution >= 0.6 is 23.2 Å². The molecule has 2 aromatic carbocycles. The topological polar surface area (TPSA) is 66.8 Å². The lowest BCUT2D eigenvalue weighted by Gasteiger charge is -2.10. The molecular formula is C14H8Cl2O4. The van der Waals surface area contributed by atoms with Crippen LogP contribution in [0.3, 0.4) is 0 Å². The van der Waals surface area contributed by atoms with E-state index in [2.05, 4.69) is 0 Å². The summed E-state index contributed by atoms with van der Waals surface area (Å²) >= 11 is 11.8. The summed E-state index contributed by atoms with van der Waals surface area (Å²) in [5.74, 6) is -0.857. The van der Waals surface area contributed by atoms with Crippen molar-refractivity contribution in [2.75, 3.05) is 0 Å². The number of hydrogen-bond donors (Lipinski definition) is 2. The largest absolute Gasteiger partial charge is 0.506 e. The highest BCUT2D eigenvalue weighted by Gasteiger charge is 2.24. The number of benzene rings is 2. The van der Waals surface area contributed by atoms with Gasteiger partial charge in [0.15, 0.2) is 0 Å². The van der Waals surface area contributed by atoms with Crippen LogP contribution in [0.15, 0.2) is 24.3 Å². The highest BCUT2D eigenvalue weighted by molar-refractivity contribution is 6.33. The molecule has 0 spiro atoms. The van der Waals surface area contributed by atoms with Gasteiger partial charge in [0.05, 0.1) is 15.6 Å². The fourth-order valence-electron chi connectivity index (χ4n) is 2.15. The summed E-state index contributed by atoms with van der Waals surface area (Å²) in [6.07, 6.45) is 0. The normalized spacial score (nSPS) is 13.2. The average Bonchev–Trinajstić information content (AvgIpc) is 2.52. The molecule has 1 aliphatic rings. The van der Waals surface area contributed by atoms with E-state index in [1.54, 1.807) is 6.07 Å². The van der Waals surface area contributed by atoms with Gasteiger partial charge in [-0.3, -0.25) is 0 Å². The number of rotatable bonds is 0. The molecule has 0 saturated carbocycles. The second kappa shape index (κ2) is 4.58. The molecule has 1 aliphatic heterocycles. The van der Waals surface area contributed by atoms with Crippen molar-refractivity contribution in [3.63, 3.8) is 0 Å². The molecule has 0 saturated heterocycles. The Bertz CT molecular complexity index is 740. The Morgan fingerprint density at radius 2 is 1.50 bits per heavy atom. The second-order valence-electron chi connectivity index (χ2n) is 4.39. The van der Waals surface area contributed by atoms with Crippen molar-refractivity contribution in [1.82, 2.24) is 0 Å². The van der Waals surface area contributed by atoms with Crippen LogP contribution in [0.2, 0.25) is 10.0 Å². The van der Waals surface area contributed by atoms with E-state index in [0.717, 1.165) is 0 Å². The van der Waals surface area contributed by atoms with Crippen molar-refractivity contribution < 1.29 is 19.7 Å². The predicted octanol–water partition coefficient (Wildman–Crippen LogP) is 3.74. The Labute approximate surface area is 124 Å². The van der Waals surface area contributed by atoms with Crippen LogP contribution in [0.1, 0.15) is 15.9 Å². The maximum atomic E-state index is 11.9. The lowest BCUT2D eigenvalue weighted by Crippen LogP contribution is -2.03. The third-order valence-electron chi connectivity index (χ3n) is 3.13. The number of cyclic esters (lactones) is 1. The Morgan fingerprint density at radius 3 is 2.20 bits per heavy atom. The second-order valence-corrected chi connectivity index (χ2v) is 5.20. The van der Waals surface area contributed by atoms with E-state index in [1.165, 1.54) is 18.2 Å². The summed E-state index contributed by atoms with van der Waals surface area (Å²) in [4.78, 5) is 11.9. The van der Waals surface area contributed by atoms with Crippen molar-refractivity contribution in [2.24, 2.45) is 0 Å². The third kappa shape index (κ3) is 1.97. The number of phenolic OH excluding ortho intramolecular Hbond substituents is 2. The Balaban J connectivity index is 2.35. The predicted molar refractivity (Wildman–Crippen MR) is 74.3 cm³/mol. The number of esters is 1. The van der Waals surface area contributed by atoms with Crippen molar-refractivity contribution >= 4 is 29.2 Å². The van der Waals surface area contributed by atoms with Gasteiger partial charge in [-0.25, -0.2) is 4.79 Å². The summed E-state index contributed by atoms with van der Waals surface area (Å²) in [7, 11) is 0. The molecule has 0 atom stereocenters. The summed E-state index contributed by atoms with van der Waals surface area (Å²) < 4.78 is 5.10. The number of hydrogen-bond acceptors (Lipinski definition) is 4. The summed E-state index contributed by atoms with van der Waals surface area (Å²) in [6, 6.07) is 5.72. The first-order chi connectivity index (χ1) is 9.47. The lowest BCUT2D eigenvalue weighted by atomic mass is 9.96. The first kappa shape index (κ1) is 13.1. The number of ether oxygens (including phenoxy) is 1. The number of carbonyl (C=O) groups excluding carboxylic acids is 1. The molecule has 1 heterocycles. The molecule has 20 heavy (non-hydrogen) atoms. The Morgan fingerprint density at radius 1 is 0.900 bits per heavy atom. The van der Waals surface area contributed by atoms with E-state index in [-0.39, 0.29) is 33.7 Å². The van der Waals surface area contributed by atoms with Crippen LogP contribution in [0.25, 0.3) is 11.1 Å². The summed E-state index contributed by atoms with van der Waals surface area (Å²) in [5, 5.41) is 19.5. The molecule has 0 fully saturated rings. The molecule has 0 aromatic heterocycles. The SMILES string of the molecule is O=C1OCc2cc(O)c(Cl)cc2-c2cc(Cl)c(O)cc21. The minimum Gasteiger partial charge on any atom is -0.506 e. The standard InChI is InChI=1S/C14H8Cl2O4/c15-10-2-7-6(1-12(10)17)5-20-14(19)9-4-13(18)11(16)3-8(7)9/h1-4,17-18H,5H2. The minimum atomic E-state index is -0.571. The zero-order chi connectivity index (χ0) is 14.4. The molecule has 3 rings (SSSR count). The fraction of sp³-hybridized carbons (Fsp3) is 0.0714. The average molecular weight is 311 g/mol. The van der Waals surface area contributed by atoms with E-state index in [1.807, 2.05) is 0 Å². The van der Waals surface area contributed by atoms with Gasteiger partial charge >= 0.3 is 5.97 Å². The van der Waals surface area contributed by atoms with Gasteiger partial charge in [-0.15, -0.1) is 0 Å². The van der Waals surface area contributed by atoms with Crippen LogP contribution < -0.4 is 0 Å². The van der Waals surface area contributed by atoms with Crippen LogP contribution in [0.4, 0.5) is 0 Å². The van der Waals surface area contributed by atoms with E-state index >= 15 is 0 Å². The minimum absolute atomic E-state index is 0.00591. The fourth-order valence-corrected chi connectivity index (χ4v) is 2.48. The Hall–Kier alpha value is -1.91. The van der Waals surface area contributed by atoms with Crippen LogP contribution in [-0.4, -0.2) is 16.2 Å². The van der Waals surface area contributed by atoms with Gasteiger partial charge in [-0.2, -0.15) is 0 Å². The van der Waals surface area contributed by atoms with Gasteiger partial charge in [0.2, 0.25) is 0 Å². The molecule has 102 valence electrons. The van der Waals surface area contributed by atoms with Crippen LogP contribution in [-0.2, 0) is 11.3 Å². The monoisotopic (exact) mass is 310 g/mol. The molecular weight excluding hydrogens is 303 g/mol. The molecule has 0 unspecified atom stereocenters. The molecule has 0 amide bonds. The highest BCUT2D eigenvalue weighted by Crippen LogP contribution is 2.40. The molecule has 0 aliphatic carbocycles. The van der Waals surface area contributed by atoms with Gasteiger partial charge in [0.25, 0.3) is 0 Å². The van der Waals surface area contributed by atoms with Crippen molar-refractivity contribution in [2.45, 2.75) is 6.61 Å². The first-order valence-electron chi connectivity index (χ1n) is 5.69. The molecule has 0 radical (unpaired) electrons. The molecule has 2 aromatic rings. The smallest absolute Gasteiger partial charge is 0.339 e. The number of phenols is 2. The maximum Gasteiger partial charge on any atom is 0.339 e. The maximum absolute atomic E-state index is 11.9. The van der Waals surface area contributed by atoms with Crippen LogP contribution in [0, 0.1) is 0 Å². The highest BCUT2D eigenvalue weighted by atomic mass is 35.5. The van der Waals surface area contributed by atoms with E-state index in [0.29, 0.717) is 16.7 Å². The first-order valence-corrected chi connectivity index (χ1v) is 6.44. The quantitative estimate of drug-likeness (QED) is 0.727. The number of halogens is 2. The third-order valence-corrected chi connectivity index (χ3v) is 3.73. The van der Waals surface area contributed by atoms with Gasteiger partial charge < -0.3 is 14.9 Å². The van der Waals surface area contributed by atoms with Crippen molar-refractivity contribution in [3.05, 3.63) is 45.4 Å². The molecule has 2 N–H and O–H groups in total. The summed E-state index contributed by atoms with van der Waals surface area (Å²) in [5.41, 5.74) is 1.95. The summed E-state index contributed by atoms with van der Waals surface area (Å²) in [6.45, 7) is 0.00591. The number of fused-ring (bicyclic) bond motifs is 3. The van der Waals surface area contributed by atoms with Gasteiger partial charge in [0.1, 0.15) is 18.1 Å². The molecule has 0 bridgehead atoms. The molecule has 6 heteroatoms. The van der Waals surface area contributed by atoms with Crippen molar-refractivity contribution in [1.29, 1.82) is 0 Å². The number of aromatic hydroxyl groups is 2. The van der Waals surface area contributed by atoms with Gasteiger partial charge in [-0.1, -0.05) is 23.2 Å².